The lowest BCUT2D eigenvalue weighted by Gasteiger charge is -2.53. The number of hydrogen-bond acceptors (Lipinski definition) is 4. The summed E-state index contributed by atoms with van der Waals surface area (Å²) in [4.78, 5) is 56.9. The van der Waals surface area contributed by atoms with Gasteiger partial charge in [-0.25, -0.2) is 0 Å². The van der Waals surface area contributed by atoms with Crippen molar-refractivity contribution in [2.75, 3.05) is 14.1 Å². The van der Waals surface area contributed by atoms with Crippen LogP contribution in [0, 0.1) is 10.8 Å². The fraction of sp³-hybridized carbons (Fsp3) is 0.529. The maximum atomic E-state index is 13.2. The van der Waals surface area contributed by atoms with Crippen LogP contribution in [0.2, 0.25) is 0 Å². The van der Waals surface area contributed by atoms with Gasteiger partial charge in [-0.05, 0) is 13.8 Å². The first-order valence-corrected chi connectivity index (χ1v) is 8.03. The van der Waals surface area contributed by atoms with Gasteiger partial charge in [0.1, 0.15) is 0 Å². The van der Waals surface area contributed by atoms with E-state index in [1.807, 2.05) is 0 Å². The van der Waals surface area contributed by atoms with Gasteiger partial charge in [0, 0.05) is 20.1 Å². The zero-order valence-electron chi connectivity index (χ0n) is 14.0. The molecule has 7 rings (SSSR count). The summed E-state index contributed by atoms with van der Waals surface area (Å²) in [5.41, 5.74) is -3.63. The van der Waals surface area contributed by atoms with E-state index < -0.39 is 40.5 Å². The second kappa shape index (κ2) is 4.15. The van der Waals surface area contributed by atoms with Gasteiger partial charge < -0.3 is 9.80 Å². The lowest BCUT2D eigenvalue weighted by Crippen LogP contribution is -2.70. The minimum Gasteiger partial charge on any atom is -0.336 e. The molecule has 6 aliphatic heterocycles. The van der Waals surface area contributed by atoms with Gasteiger partial charge in [0.25, 0.3) is 11.8 Å². The molecule has 0 aromatic carbocycles. The van der Waals surface area contributed by atoms with Gasteiger partial charge in [-0.15, -0.1) is 0 Å². The number of likely N-dealkylation sites (N-methyl/N-ethyl adjacent to an activating group) is 2. The summed E-state index contributed by atoms with van der Waals surface area (Å²) < 4.78 is 0. The molecule has 126 valence electrons. The molecule has 2 saturated heterocycles. The molecule has 7 nitrogen and oxygen atoms in total. The quantitative estimate of drug-likeness (QED) is 0.371. The third-order valence-electron chi connectivity index (χ3n) is 5.90. The highest BCUT2D eigenvalue weighted by molar-refractivity contribution is 6.30. The summed E-state index contributed by atoms with van der Waals surface area (Å²) in [6, 6.07) is -1.12. The Hall–Kier alpha value is -2.44. The van der Waals surface area contributed by atoms with Crippen LogP contribution in [0.4, 0.5) is 0 Å². The normalized spacial score (nSPS) is 40.1. The lowest BCUT2D eigenvalue weighted by atomic mass is 9.58. The monoisotopic (exact) mass is 329 g/mol. The number of nitrogens with zero attached hydrogens (tertiary/aromatic N) is 3. The number of likely N-dealkylation sites (tertiary alicyclic amines) is 1. The highest BCUT2D eigenvalue weighted by atomic mass is 16.2. The smallest absolute Gasteiger partial charge is 0.251 e. The molecule has 4 amide bonds. The van der Waals surface area contributed by atoms with Gasteiger partial charge in [-0.2, -0.15) is 0 Å². The lowest BCUT2D eigenvalue weighted by molar-refractivity contribution is -0.168. The molecule has 4 atom stereocenters. The van der Waals surface area contributed by atoms with Gasteiger partial charge in [-0.3, -0.25) is 24.1 Å². The molecule has 2 fully saturated rings. The Labute approximate surface area is 139 Å². The number of imide groups is 1. The Balaban J connectivity index is 2.12. The number of carbonyl (C=O) groups is 4. The largest absolute Gasteiger partial charge is 0.336 e. The summed E-state index contributed by atoms with van der Waals surface area (Å²) in [6.07, 6.45) is 6.57. The molecule has 0 saturated carbocycles. The van der Waals surface area contributed by atoms with E-state index in [-0.39, 0.29) is 12.1 Å². The van der Waals surface area contributed by atoms with E-state index in [0.29, 0.717) is 0 Å². The number of hydrogen-bond donors (Lipinski definition) is 0. The molecule has 0 aromatic heterocycles. The molecule has 1 aliphatic carbocycles. The Morgan fingerprint density at radius 3 is 1.50 bits per heavy atom. The highest BCUT2D eigenvalue weighted by Gasteiger charge is 2.78. The summed E-state index contributed by atoms with van der Waals surface area (Å²) >= 11 is 0. The molecule has 7 aliphatic rings. The number of rotatable bonds is 1. The van der Waals surface area contributed by atoms with E-state index in [0.717, 1.165) is 4.90 Å². The van der Waals surface area contributed by atoms with Gasteiger partial charge >= 0.3 is 0 Å². The van der Waals surface area contributed by atoms with E-state index in [9.17, 15) is 19.2 Å². The third kappa shape index (κ3) is 1.21. The second-order valence-corrected chi connectivity index (χ2v) is 7.22. The van der Waals surface area contributed by atoms with Crippen LogP contribution in [-0.4, -0.2) is 70.5 Å². The molecule has 4 bridgehead atoms. The first kappa shape index (κ1) is 15.1. The second-order valence-electron chi connectivity index (χ2n) is 7.22. The molecular formula is C17H19N3O4. The van der Waals surface area contributed by atoms with E-state index in [1.54, 1.807) is 40.1 Å². The topological polar surface area (TPSA) is 78.0 Å². The van der Waals surface area contributed by atoms with Gasteiger partial charge in [-0.1, -0.05) is 24.3 Å². The Kier molecular flexibility index (Phi) is 2.61. The van der Waals surface area contributed by atoms with Crippen molar-refractivity contribution in [1.82, 2.24) is 14.7 Å². The Morgan fingerprint density at radius 2 is 1.17 bits per heavy atom. The predicted octanol–water partition coefficient (Wildman–Crippen LogP) is -0.456. The van der Waals surface area contributed by atoms with Crippen LogP contribution < -0.4 is 0 Å². The zero-order chi connectivity index (χ0) is 17.6. The highest BCUT2D eigenvalue weighted by Crippen LogP contribution is 2.58. The van der Waals surface area contributed by atoms with Crippen molar-refractivity contribution in [3.05, 3.63) is 24.3 Å². The predicted molar refractivity (Wildman–Crippen MR) is 83.3 cm³/mol. The summed E-state index contributed by atoms with van der Waals surface area (Å²) in [6.45, 7) is 3.41. The molecule has 24 heavy (non-hydrogen) atoms. The average molecular weight is 329 g/mol. The number of amides is 4. The minimum absolute atomic E-state index is 0.345. The summed E-state index contributed by atoms with van der Waals surface area (Å²) in [7, 11) is 3.24. The first-order chi connectivity index (χ1) is 11.2. The molecular weight excluding hydrogens is 310 g/mol. The third-order valence-corrected chi connectivity index (χ3v) is 5.90. The van der Waals surface area contributed by atoms with Crippen LogP contribution in [0.1, 0.15) is 13.8 Å². The maximum Gasteiger partial charge on any atom is 0.251 e. The van der Waals surface area contributed by atoms with Crippen molar-refractivity contribution in [3.8, 4) is 0 Å². The fourth-order valence-corrected chi connectivity index (χ4v) is 4.60. The van der Waals surface area contributed by atoms with Crippen LogP contribution in [0.5, 0.6) is 0 Å². The van der Waals surface area contributed by atoms with Crippen LogP contribution in [0.25, 0.3) is 0 Å². The number of carbonyl (C=O) groups excluding carboxylic acids is 4. The van der Waals surface area contributed by atoms with E-state index >= 15 is 0 Å². The SMILES string of the molecule is CC(C)N1C(=O)[C@@]23C=C[C@@H]([C@@H]4C=C[C@@]2(C1=O)C(=O)N4C)N(C)C3=O. The van der Waals surface area contributed by atoms with Gasteiger partial charge in [0.05, 0.1) is 12.1 Å². The van der Waals surface area contributed by atoms with E-state index in [4.69, 9.17) is 0 Å². The van der Waals surface area contributed by atoms with Crippen LogP contribution in [-0.2, 0) is 19.2 Å². The van der Waals surface area contributed by atoms with Crippen molar-refractivity contribution < 1.29 is 19.2 Å². The van der Waals surface area contributed by atoms with Crippen molar-refractivity contribution >= 4 is 23.6 Å². The molecule has 6 heterocycles. The van der Waals surface area contributed by atoms with Crippen LogP contribution in [0.3, 0.4) is 0 Å². The minimum atomic E-state index is -1.81. The molecule has 0 unspecified atom stereocenters. The van der Waals surface area contributed by atoms with Gasteiger partial charge in [0.2, 0.25) is 11.8 Å². The van der Waals surface area contributed by atoms with Crippen LogP contribution in [0.15, 0.2) is 24.3 Å². The molecule has 0 N–H and O–H groups in total. The molecule has 7 heteroatoms. The Morgan fingerprint density at radius 1 is 0.792 bits per heavy atom. The first-order valence-electron chi connectivity index (χ1n) is 8.03. The van der Waals surface area contributed by atoms with Crippen molar-refractivity contribution in [2.45, 2.75) is 32.0 Å². The summed E-state index contributed by atoms with van der Waals surface area (Å²) in [5.74, 6) is -2.18. The molecule has 2 spiro atoms. The Bertz CT molecular complexity index is 710. The molecule has 0 radical (unpaired) electrons. The van der Waals surface area contributed by atoms with E-state index in [2.05, 4.69) is 0 Å². The zero-order valence-corrected chi connectivity index (χ0v) is 14.0. The van der Waals surface area contributed by atoms with Crippen LogP contribution >= 0.6 is 0 Å². The molecule has 0 aromatic rings. The standard InChI is InChI=1S/C17H19N3O4/c1-9(2)20-14(23)16-7-5-10(18(3)12(16)21)11-6-8-17(16,15(20)24)13(22)19(11)4/h5-11H,1-4H3/t10-,11-,16-,17-/m0/s1. The summed E-state index contributed by atoms with van der Waals surface area (Å²) in [5, 5.41) is 0. The van der Waals surface area contributed by atoms with E-state index in [1.165, 1.54) is 22.0 Å². The van der Waals surface area contributed by atoms with Crippen molar-refractivity contribution in [3.63, 3.8) is 0 Å². The maximum absolute atomic E-state index is 13.2. The fourth-order valence-electron chi connectivity index (χ4n) is 4.60. The van der Waals surface area contributed by atoms with Crippen molar-refractivity contribution in [1.29, 1.82) is 0 Å². The average Bonchev–Trinajstić information content (AvgIpc) is 2.67. The van der Waals surface area contributed by atoms with Gasteiger partial charge in [0.15, 0.2) is 10.8 Å². The van der Waals surface area contributed by atoms with Crippen molar-refractivity contribution in [2.24, 2.45) is 10.8 Å².